The highest BCUT2D eigenvalue weighted by Crippen LogP contribution is 2.28. The van der Waals surface area contributed by atoms with Crippen molar-refractivity contribution in [3.05, 3.63) is 36.2 Å². The highest BCUT2D eigenvalue weighted by Gasteiger charge is 2.18. The van der Waals surface area contributed by atoms with Gasteiger partial charge in [-0.2, -0.15) is 5.10 Å². The number of aromatic nitrogens is 2. The van der Waals surface area contributed by atoms with Crippen molar-refractivity contribution in [1.82, 2.24) is 10.2 Å². The lowest BCUT2D eigenvalue weighted by molar-refractivity contribution is 0.477. The van der Waals surface area contributed by atoms with Gasteiger partial charge in [0.15, 0.2) is 0 Å². The second-order valence-electron chi connectivity index (χ2n) is 3.51. The van der Waals surface area contributed by atoms with Gasteiger partial charge in [-0.15, -0.1) is 0 Å². The topological polar surface area (TPSA) is 95.1 Å². The zero-order valence-corrected chi connectivity index (χ0v) is 9.82. The van der Waals surface area contributed by atoms with Gasteiger partial charge in [0.25, 0.3) is 10.0 Å². The molecule has 0 aliphatic carbocycles. The number of aromatic hydroxyl groups is 1. The standard InChI is InChI=1S/C10H11N3O3S/c1-7-3-2-4-9(14)10(7)13-17(15,16)8-5-11-12-6-8/h2-6,13-14H,1H3,(H,11,12). The summed E-state index contributed by atoms with van der Waals surface area (Å²) < 4.78 is 26.1. The van der Waals surface area contributed by atoms with Crippen molar-refractivity contribution in [3.63, 3.8) is 0 Å². The third-order valence-electron chi connectivity index (χ3n) is 2.27. The van der Waals surface area contributed by atoms with Gasteiger partial charge in [0, 0.05) is 6.20 Å². The summed E-state index contributed by atoms with van der Waals surface area (Å²) in [5, 5.41) is 15.6. The van der Waals surface area contributed by atoms with Crippen molar-refractivity contribution in [2.45, 2.75) is 11.8 Å². The molecular formula is C10H11N3O3S. The number of benzene rings is 1. The second kappa shape index (κ2) is 4.10. The Morgan fingerprint density at radius 2 is 2.18 bits per heavy atom. The molecule has 0 atom stereocenters. The highest BCUT2D eigenvalue weighted by molar-refractivity contribution is 7.92. The number of nitrogens with one attached hydrogen (secondary N) is 2. The summed E-state index contributed by atoms with van der Waals surface area (Å²) in [5.74, 6) is -0.114. The van der Waals surface area contributed by atoms with Crippen LogP contribution < -0.4 is 4.72 Å². The molecule has 1 aromatic carbocycles. The summed E-state index contributed by atoms with van der Waals surface area (Å²) in [4.78, 5) is 0.0140. The maximum absolute atomic E-state index is 11.9. The number of phenols is 1. The van der Waals surface area contributed by atoms with Crippen molar-refractivity contribution >= 4 is 15.7 Å². The molecule has 3 N–H and O–H groups in total. The second-order valence-corrected chi connectivity index (χ2v) is 5.19. The Balaban J connectivity index is 2.40. The minimum absolute atomic E-state index is 0.0140. The van der Waals surface area contributed by atoms with Crippen LogP contribution >= 0.6 is 0 Å². The Morgan fingerprint density at radius 1 is 1.41 bits per heavy atom. The summed E-state index contributed by atoms with van der Waals surface area (Å²) in [5.41, 5.74) is 0.811. The number of para-hydroxylation sites is 1. The predicted molar refractivity (Wildman–Crippen MR) is 62.2 cm³/mol. The van der Waals surface area contributed by atoms with Crippen LogP contribution in [-0.4, -0.2) is 23.7 Å². The number of anilines is 1. The first-order chi connectivity index (χ1) is 8.00. The molecule has 0 spiro atoms. The number of H-pyrrole nitrogens is 1. The SMILES string of the molecule is Cc1cccc(O)c1NS(=O)(=O)c1cn[nH]c1. The fourth-order valence-electron chi connectivity index (χ4n) is 1.36. The van der Waals surface area contributed by atoms with E-state index in [-0.39, 0.29) is 16.3 Å². The molecule has 17 heavy (non-hydrogen) atoms. The molecule has 2 rings (SSSR count). The smallest absolute Gasteiger partial charge is 0.265 e. The van der Waals surface area contributed by atoms with Crippen molar-refractivity contribution in [2.24, 2.45) is 0 Å². The van der Waals surface area contributed by atoms with Crippen LogP contribution in [0.25, 0.3) is 0 Å². The molecule has 0 fully saturated rings. The molecular weight excluding hydrogens is 242 g/mol. The lowest BCUT2D eigenvalue weighted by atomic mass is 10.2. The van der Waals surface area contributed by atoms with E-state index >= 15 is 0 Å². The average Bonchev–Trinajstić information content (AvgIpc) is 2.77. The van der Waals surface area contributed by atoms with E-state index in [1.807, 2.05) is 0 Å². The number of nitrogens with zero attached hydrogens (tertiary/aromatic N) is 1. The van der Waals surface area contributed by atoms with Gasteiger partial charge < -0.3 is 5.11 Å². The Kier molecular flexibility index (Phi) is 2.76. The van der Waals surface area contributed by atoms with Crippen LogP contribution in [0.2, 0.25) is 0 Å². The minimum atomic E-state index is -3.72. The van der Waals surface area contributed by atoms with E-state index in [1.165, 1.54) is 18.5 Å². The molecule has 0 amide bonds. The molecule has 0 unspecified atom stereocenters. The maximum atomic E-state index is 11.9. The lowest BCUT2D eigenvalue weighted by Gasteiger charge is -2.10. The largest absolute Gasteiger partial charge is 0.506 e. The number of rotatable bonds is 3. The Bertz CT molecular complexity index is 600. The number of hydrogen-bond acceptors (Lipinski definition) is 4. The number of hydrogen-bond donors (Lipinski definition) is 3. The summed E-state index contributed by atoms with van der Waals surface area (Å²) in [7, 11) is -3.72. The zero-order valence-electron chi connectivity index (χ0n) is 9.01. The first-order valence-corrected chi connectivity index (χ1v) is 6.29. The van der Waals surface area contributed by atoms with Crippen LogP contribution in [0.1, 0.15) is 5.56 Å². The number of aromatic amines is 1. The van der Waals surface area contributed by atoms with E-state index in [2.05, 4.69) is 14.9 Å². The fraction of sp³-hybridized carbons (Fsp3) is 0.100. The van der Waals surface area contributed by atoms with Crippen LogP contribution in [0.15, 0.2) is 35.5 Å². The first-order valence-electron chi connectivity index (χ1n) is 4.81. The molecule has 1 heterocycles. The predicted octanol–water partition coefficient (Wildman–Crippen LogP) is 1.22. The fourth-order valence-corrected chi connectivity index (χ4v) is 2.42. The van der Waals surface area contributed by atoms with Crippen LogP contribution in [0, 0.1) is 6.92 Å². The molecule has 0 bridgehead atoms. The Morgan fingerprint density at radius 3 is 2.76 bits per heavy atom. The summed E-state index contributed by atoms with van der Waals surface area (Å²) in [6.45, 7) is 1.70. The maximum Gasteiger partial charge on any atom is 0.265 e. The van der Waals surface area contributed by atoms with Gasteiger partial charge in [-0.3, -0.25) is 9.82 Å². The molecule has 0 radical (unpaired) electrons. The monoisotopic (exact) mass is 253 g/mol. The molecule has 0 saturated heterocycles. The van der Waals surface area contributed by atoms with Crippen LogP contribution in [0.5, 0.6) is 5.75 Å². The number of sulfonamides is 1. The van der Waals surface area contributed by atoms with E-state index < -0.39 is 10.0 Å². The summed E-state index contributed by atoms with van der Waals surface area (Å²) in [6.07, 6.45) is 2.45. The number of aryl methyl sites for hydroxylation is 1. The molecule has 1 aromatic heterocycles. The molecule has 90 valence electrons. The van der Waals surface area contributed by atoms with Gasteiger partial charge in [-0.1, -0.05) is 12.1 Å². The average molecular weight is 253 g/mol. The summed E-state index contributed by atoms with van der Waals surface area (Å²) in [6, 6.07) is 4.76. The van der Waals surface area contributed by atoms with Gasteiger partial charge >= 0.3 is 0 Å². The lowest BCUT2D eigenvalue weighted by Crippen LogP contribution is -2.13. The van der Waals surface area contributed by atoms with E-state index in [4.69, 9.17) is 0 Å². The van der Waals surface area contributed by atoms with E-state index in [9.17, 15) is 13.5 Å². The molecule has 2 aromatic rings. The van der Waals surface area contributed by atoms with Crippen molar-refractivity contribution in [1.29, 1.82) is 0 Å². The van der Waals surface area contributed by atoms with Gasteiger partial charge in [-0.25, -0.2) is 8.42 Å². The van der Waals surface area contributed by atoms with E-state index in [0.717, 1.165) is 0 Å². The van der Waals surface area contributed by atoms with Crippen LogP contribution in [0.3, 0.4) is 0 Å². The zero-order chi connectivity index (χ0) is 12.5. The molecule has 7 heteroatoms. The van der Waals surface area contributed by atoms with Crippen molar-refractivity contribution < 1.29 is 13.5 Å². The van der Waals surface area contributed by atoms with Gasteiger partial charge in [0.2, 0.25) is 0 Å². The molecule has 0 saturated carbocycles. The molecule has 0 aliphatic heterocycles. The van der Waals surface area contributed by atoms with Crippen LogP contribution in [-0.2, 0) is 10.0 Å². The molecule has 0 aliphatic rings. The normalized spacial score (nSPS) is 11.4. The number of phenolic OH excluding ortho intramolecular Hbond substituents is 1. The van der Waals surface area contributed by atoms with E-state index in [1.54, 1.807) is 19.1 Å². The minimum Gasteiger partial charge on any atom is -0.506 e. The van der Waals surface area contributed by atoms with Crippen molar-refractivity contribution in [2.75, 3.05) is 4.72 Å². The van der Waals surface area contributed by atoms with E-state index in [0.29, 0.717) is 5.56 Å². The third-order valence-corrected chi connectivity index (χ3v) is 3.59. The van der Waals surface area contributed by atoms with Gasteiger partial charge in [0.05, 0.1) is 11.9 Å². The Labute approximate surface area is 98.4 Å². The third kappa shape index (κ3) is 2.23. The first kappa shape index (κ1) is 11.5. The molecule has 6 nitrogen and oxygen atoms in total. The highest BCUT2D eigenvalue weighted by atomic mass is 32.2. The van der Waals surface area contributed by atoms with Crippen molar-refractivity contribution in [3.8, 4) is 5.75 Å². The van der Waals surface area contributed by atoms with Crippen LogP contribution in [0.4, 0.5) is 5.69 Å². The quantitative estimate of drug-likeness (QED) is 0.717. The summed E-state index contributed by atoms with van der Waals surface area (Å²) >= 11 is 0. The van der Waals surface area contributed by atoms with Gasteiger partial charge in [0.1, 0.15) is 10.6 Å². The van der Waals surface area contributed by atoms with Gasteiger partial charge in [-0.05, 0) is 18.6 Å². The Hall–Kier alpha value is -2.02.